The Bertz CT molecular complexity index is 397. The molecular weight excluding hydrogens is 316 g/mol. The average Bonchev–Trinajstić information content (AvgIpc) is 2.42. The van der Waals surface area contributed by atoms with E-state index >= 15 is 0 Å². The van der Waals surface area contributed by atoms with Gasteiger partial charge >= 0.3 is 0 Å². The fraction of sp³-hybridized carbons (Fsp3) is 0.733. The minimum Gasteiger partial charge on any atom is -0.393 e. The fourth-order valence-electron chi connectivity index (χ4n) is 1.91. The largest absolute Gasteiger partial charge is 0.393 e. The Balaban J connectivity index is 0. The van der Waals surface area contributed by atoms with Gasteiger partial charge in [-0.25, -0.2) is 0 Å². The highest BCUT2D eigenvalue weighted by molar-refractivity contribution is 5.77. The number of hydrogen-bond donors (Lipinski definition) is 5. The van der Waals surface area contributed by atoms with E-state index in [9.17, 15) is 19.2 Å². The zero-order valence-electron chi connectivity index (χ0n) is 14.2. The standard InChI is InChI=1S/C9H18N2O3.C6H12N2O2/c1-6(12)5-7(9(11)14)3-2-4-8(10)13;7-5(9)3-1-2-4-6(8)10/h6-7,12H,2-5H2,1H3,(H2,10,13)(H2,11,14);1-4H2,(H2,7,9)(H2,8,10). The first-order chi connectivity index (χ1) is 11.1. The molecule has 2 unspecified atom stereocenters. The van der Waals surface area contributed by atoms with Crippen LogP contribution in [-0.2, 0) is 19.2 Å². The van der Waals surface area contributed by atoms with E-state index in [2.05, 4.69) is 0 Å². The molecule has 24 heavy (non-hydrogen) atoms. The summed E-state index contributed by atoms with van der Waals surface area (Å²) in [6, 6.07) is 0. The molecule has 0 aliphatic rings. The summed E-state index contributed by atoms with van der Waals surface area (Å²) in [5.74, 6) is -1.84. The first kappa shape index (κ1) is 24.1. The molecule has 0 aliphatic carbocycles. The van der Waals surface area contributed by atoms with Crippen molar-refractivity contribution in [2.24, 2.45) is 28.9 Å². The van der Waals surface area contributed by atoms with Gasteiger partial charge in [0.25, 0.3) is 0 Å². The van der Waals surface area contributed by atoms with Gasteiger partial charge in [0.1, 0.15) is 0 Å². The van der Waals surface area contributed by atoms with Gasteiger partial charge in [-0.3, -0.25) is 19.2 Å². The van der Waals surface area contributed by atoms with Crippen molar-refractivity contribution in [1.29, 1.82) is 0 Å². The molecule has 4 amide bonds. The third-order valence-corrected chi connectivity index (χ3v) is 3.10. The third-order valence-electron chi connectivity index (χ3n) is 3.10. The Morgan fingerprint density at radius 2 is 1.17 bits per heavy atom. The lowest BCUT2D eigenvalue weighted by molar-refractivity contribution is -0.123. The minimum absolute atomic E-state index is 0.254. The van der Waals surface area contributed by atoms with E-state index in [1.165, 1.54) is 0 Å². The molecular formula is C15H30N4O5. The van der Waals surface area contributed by atoms with E-state index in [1.54, 1.807) is 6.92 Å². The van der Waals surface area contributed by atoms with Gasteiger partial charge < -0.3 is 28.0 Å². The summed E-state index contributed by atoms with van der Waals surface area (Å²) in [6.45, 7) is 1.60. The Kier molecular flexibility index (Phi) is 14.5. The first-order valence-electron chi connectivity index (χ1n) is 7.88. The summed E-state index contributed by atoms with van der Waals surface area (Å²) < 4.78 is 0. The number of aliphatic hydroxyl groups excluding tert-OH is 1. The predicted molar refractivity (Wildman–Crippen MR) is 88.9 cm³/mol. The highest BCUT2D eigenvalue weighted by Gasteiger charge is 2.17. The molecule has 0 heterocycles. The van der Waals surface area contributed by atoms with Crippen molar-refractivity contribution in [2.75, 3.05) is 0 Å². The molecule has 0 bridgehead atoms. The summed E-state index contributed by atoms with van der Waals surface area (Å²) in [7, 11) is 0. The van der Waals surface area contributed by atoms with Crippen LogP contribution in [-0.4, -0.2) is 34.8 Å². The van der Waals surface area contributed by atoms with Gasteiger partial charge in [-0.05, 0) is 39.0 Å². The number of hydrogen-bond acceptors (Lipinski definition) is 5. The molecule has 0 saturated carbocycles. The molecule has 0 saturated heterocycles. The average molecular weight is 346 g/mol. The lowest BCUT2D eigenvalue weighted by Crippen LogP contribution is -2.26. The smallest absolute Gasteiger partial charge is 0.220 e. The van der Waals surface area contributed by atoms with Crippen LogP contribution < -0.4 is 22.9 Å². The number of carbonyl (C=O) groups is 4. The highest BCUT2D eigenvalue weighted by Crippen LogP contribution is 2.14. The molecule has 9 heteroatoms. The van der Waals surface area contributed by atoms with Crippen molar-refractivity contribution >= 4 is 23.6 Å². The van der Waals surface area contributed by atoms with Gasteiger partial charge in [-0.1, -0.05) is 0 Å². The van der Waals surface area contributed by atoms with Crippen LogP contribution in [0.4, 0.5) is 0 Å². The van der Waals surface area contributed by atoms with Gasteiger partial charge in [0.2, 0.25) is 23.6 Å². The number of aliphatic hydroxyl groups is 1. The van der Waals surface area contributed by atoms with E-state index in [1.807, 2.05) is 0 Å². The SMILES string of the molecule is CC(O)CC(CCCC(N)=O)C(N)=O.NC(=O)CCCCC(N)=O. The van der Waals surface area contributed by atoms with Gasteiger partial charge in [0.15, 0.2) is 0 Å². The van der Waals surface area contributed by atoms with E-state index in [0.29, 0.717) is 44.9 Å². The number of primary amides is 4. The van der Waals surface area contributed by atoms with Crippen LogP contribution in [0.1, 0.15) is 58.3 Å². The van der Waals surface area contributed by atoms with Crippen LogP contribution >= 0.6 is 0 Å². The summed E-state index contributed by atoms with van der Waals surface area (Å²) in [4.78, 5) is 41.6. The molecule has 0 aromatic heterocycles. The molecule has 9 N–H and O–H groups in total. The molecule has 0 aromatic carbocycles. The van der Waals surface area contributed by atoms with Crippen molar-refractivity contribution in [3.05, 3.63) is 0 Å². The Labute approximate surface area is 142 Å². The normalized spacial score (nSPS) is 12.4. The molecule has 0 rings (SSSR count). The number of rotatable bonds is 12. The number of unbranched alkanes of at least 4 members (excludes halogenated alkanes) is 1. The predicted octanol–water partition coefficient (Wildman–Crippen LogP) is -0.968. The topological polar surface area (TPSA) is 193 Å². The zero-order chi connectivity index (χ0) is 19.1. The van der Waals surface area contributed by atoms with Crippen LogP contribution in [0.3, 0.4) is 0 Å². The Morgan fingerprint density at radius 1 is 0.792 bits per heavy atom. The van der Waals surface area contributed by atoms with Crippen molar-refractivity contribution in [3.63, 3.8) is 0 Å². The summed E-state index contributed by atoms with van der Waals surface area (Å²) in [5, 5.41) is 9.08. The summed E-state index contributed by atoms with van der Waals surface area (Å²) >= 11 is 0. The second-order valence-electron chi connectivity index (χ2n) is 5.68. The second-order valence-corrected chi connectivity index (χ2v) is 5.68. The van der Waals surface area contributed by atoms with Crippen LogP contribution in [0.2, 0.25) is 0 Å². The molecule has 9 nitrogen and oxygen atoms in total. The van der Waals surface area contributed by atoms with Crippen LogP contribution in [0.15, 0.2) is 0 Å². The third kappa shape index (κ3) is 19.8. The van der Waals surface area contributed by atoms with Crippen molar-refractivity contribution in [1.82, 2.24) is 0 Å². The first-order valence-corrected chi connectivity index (χ1v) is 7.88. The van der Waals surface area contributed by atoms with E-state index in [-0.39, 0.29) is 30.1 Å². The van der Waals surface area contributed by atoms with Crippen molar-refractivity contribution < 1.29 is 24.3 Å². The van der Waals surface area contributed by atoms with Gasteiger partial charge in [0, 0.05) is 25.2 Å². The maximum Gasteiger partial charge on any atom is 0.220 e. The van der Waals surface area contributed by atoms with Crippen LogP contribution in [0.5, 0.6) is 0 Å². The van der Waals surface area contributed by atoms with Crippen LogP contribution in [0.25, 0.3) is 0 Å². The quantitative estimate of drug-likeness (QED) is 0.283. The Morgan fingerprint density at radius 3 is 1.46 bits per heavy atom. The maximum atomic E-state index is 10.9. The molecule has 0 spiro atoms. The highest BCUT2D eigenvalue weighted by atomic mass is 16.3. The molecule has 2 atom stereocenters. The lowest BCUT2D eigenvalue weighted by Gasteiger charge is -2.14. The molecule has 0 aromatic rings. The maximum absolute atomic E-state index is 10.9. The molecule has 140 valence electrons. The molecule has 0 aliphatic heterocycles. The number of carbonyl (C=O) groups excluding carboxylic acids is 4. The van der Waals surface area contributed by atoms with E-state index < -0.39 is 12.0 Å². The summed E-state index contributed by atoms with van der Waals surface area (Å²) in [6.07, 6.45) is 3.06. The fourth-order valence-corrected chi connectivity index (χ4v) is 1.91. The van der Waals surface area contributed by atoms with Crippen LogP contribution in [0, 0.1) is 5.92 Å². The lowest BCUT2D eigenvalue weighted by atomic mass is 9.95. The second kappa shape index (κ2) is 14.4. The van der Waals surface area contributed by atoms with Crippen molar-refractivity contribution in [3.8, 4) is 0 Å². The number of nitrogens with two attached hydrogens (primary N) is 4. The monoisotopic (exact) mass is 346 g/mol. The Hall–Kier alpha value is -2.16. The number of amides is 4. The van der Waals surface area contributed by atoms with E-state index in [4.69, 9.17) is 28.0 Å². The van der Waals surface area contributed by atoms with Gasteiger partial charge in [-0.2, -0.15) is 0 Å². The minimum atomic E-state index is -0.555. The summed E-state index contributed by atoms with van der Waals surface area (Å²) in [5.41, 5.74) is 19.8. The molecule has 0 radical (unpaired) electrons. The van der Waals surface area contributed by atoms with Gasteiger partial charge in [-0.15, -0.1) is 0 Å². The van der Waals surface area contributed by atoms with E-state index in [0.717, 1.165) is 0 Å². The zero-order valence-corrected chi connectivity index (χ0v) is 14.2. The molecule has 0 fully saturated rings. The van der Waals surface area contributed by atoms with Gasteiger partial charge in [0.05, 0.1) is 6.10 Å². The van der Waals surface area contributed by atoms with Crippen molar-refractivity contribution in [2.45, 2.75) is 64.4 Å².